The number of aromatic nitrogens is 1. The van der Waals surface area contributed by atoms with E-state index < -0.39 is 0 Å². The van der Waals surface area contributed by atoms with Crippen LogP contribution in [0.15, 0.2) is 74.7 Å². The number of hydrogen-bond acceptors (Lipinski definition) is 3. The van der Waals surface area contributed by atoms with Gasteiger partial charge in [0.2, 0.25) is 5.89 Å². The molecule has 1 aromatic heterocycles. The summed E-state index contributed by atoms with van der Waals surface area (Å²) in [7, 11) is 1.78. The maximum atomic E-state index is 5.58. The average molecular weight is 553 g/mol. The predicted octanol–water partition coefficient (Wildman–Crippen LogP) is 4.94. The van der Waals surface area contributed by atoms with Gasteiger partial charge >= 0.3 is 0 Å². The first kappa shape index (κ1) is 20.9. The van der Waals surface area contributed by atoms with Crippen molar-refractivity contribution >= 4 is 45.9 Å². The highest BCUT2D eigenvalue weighted by molar-refractivity contribution is 14.0. The molecule has 0 aliphatic heterocycles. The zero-order chi connectivity index (χ0) is 18.6. The average Bonchev–Trinajstić information content (AvgIpc) is 3.31. The molecule has 146 valence electrons. The third kappa shape index (κ3) is 5.14. The van der Waals surface area contributed by atoms with Crippen LogP contribution in [0.25, 0.3) is 11.5 Å². The molecule has 0 bridgehead atoms. The Morgan fingerprint density at radius 2 is 1.93 bits per heavy atom. The van der Waals surface area contributed by atoms with E-state index in [1.54, 1.807) is 13.3 Å². The SMILES string of the molecule is CN=C(NCc1coc(-c2ccccc2)n1)NC1CC1c1ccc(Br)cc1.I. The molecule has 0 radical (unpaired) electrons. The maximum Gasteiger partial charge on any atom is 0.226 e. The number of oxazole rings is 1. The lowest BCUT2D eigenvalue weighted by atomic mass is 10.1. The van der Waals surface area contributed by atoms with Crippen molar-refractivity contribution in [2.75, 3.05) is 7.05 Å². The summed E-state index contributed by atoms with van der Waals surface area (Å²) in [6.07, 6.45) is 2.80. The highest BCUT2D eigenvalue weighted by atomic mass is 127. The van der Waals surface area contributed by atoms with Crippen molar-refractivity contribution in [1.29, 1.82) is 0 Å². The molecule has 3 aromatic rings. The normalized spacial score (nSPS) is 18.3. The Labute approximate surface area is 190 Å². The van der Waals surface area contributed by atoms with Crippen LogP contribution in [0.5, 0.6) is 0 Å². The molecule has 2 unspecified atom stereocenters. The zero-order valence-corrected chi connectivity index (χ0v) is 19.3. The van der Waals surface area contributed by atoms with Crippen molar-refractivity contribution in [2.45, 2.75) is 24.9 Å². The Balaban J connectivity index is 0.00000225. The molecule has 0 amide bonds. The van der Waals surface area contributed by atoms with Crippen LogP contribution >= 0.6 is 39.9 Å². The minimum absolute atomic E-state index is 0. The highest BCUT2D eigenvalue weighted by Gasteiger charge is 2.38. The second-order valence-corrected chi connectivity index (χ2v) is 7.50. The largest absolute Gasteiger partial charge is 0.444 e. The zero-order valence-electron chi connectivity index (χ0n) is 15.4. The fourth-order valence-corrected chi connectivity index (χ4v) is 3.34. The highest BCUT2D eigenvalue weighted by Crippen LogP contribution is 2.40. The summed E-state index contributed by atoms with van der Waals surface area (Å²) in [6.45, 7) is 0.561. The number of rotatable bonds is 5. The van der Waals surface area contributed by atoms with E-state index in [0.717, 1.165) is 28.1 Å². The van der Waals surface area contributed by atoms with Crippen molar-refractivity contribution in [3.8, 4) is 11.5 Å². The van der Waals surface area contributed by atoms with Crippen molar-refractivity contribution in [1.82, 2.24) is 15.6 Å². The molecule has 2 atom stereocenters. The molecule has 28 heavy (non-hydrogen) atoms. The summed E-state index contributed by atoms with van der Waals surface area (Å²) < 4.78 is 6.69. The van der Waals surface area contributed by atoms with Crippen LogP contribution in [0.3, 0.4) is 0 Å². The van der Waals surface area contributed by atoms with Crippen LogP contribution < -0.4 is 10.6 Å². The van der Waals surface area contributed by atoms with Gasteiger partial charge < -0.3 is 15.1 Å². The Kier molecular flexibility index (Phi) is 7.12. The van der Waals surface area contributed by atoms with Crippen molar-refractivity contribution in [3.05, 3.63) is 76.6 Å². The van der Waals surface area contributed by atoms with Crippen molar-refractivity contribution in [2.24, 2.45) is 4.99 Å². The molecular formula is C21H22BrIN4O. The van der Waals surface area contributed by atoms with Crippen molar-refractivity contribution < 1.29 is 4.42 Å². The van der Waals surface area contributed by atoms with Crippen molar-refractivity contribution in [3.63, 3.8) is 0 Å². The van der Waals surface area contributed by atoms with Gasteiger partial charge in [0.1, 0.15) is 6.26 Å². The van der Waals surface area contributed by atoms with Gasteiger partial charge in [-0.2, -0.15) is 0 Å². The second kappa shape index (κ2) is 9.56. The fraction of sp³-hybridized carbons (Fsp3) is 0.238. The first-order valence-electron chi connectivity index (χ1n) is 8.95. The Morgan fingerprint density at radius 1 is 1.18 bits per heavy atom. The summed E-state index contributed by atoms with van der Waals surface area (Å²) in [5.41, 5.74) is 3.17. The van der Waals surface area contributed by atoms with Crippen LogP contribution in [0.1, 0.15) is 23.6 Å². The Bertz CT molecular complexity index is 927. The molecule has 0 spiro atoms. The second-order valence-electron chi connectivity index (χ2n) is 6.58. The van der Waals surface area contributed by atoms with Crippen LogP contribution in [-0.2, 0) is 6.54 Å². The fourth-order valence-electron chi connectivity index (χ4n) is 3.08. The monoisotopic (exact) mass is 552 g/mol. The van der Waals surface area contributed by atoms with Gasteiger partial charge in [-0.15, -0.1) is 24.0 Å². The third-order valence-electron chi connectivity index (χ3n) is 4.64. The number of nitrogens with zero attached hydrogens (tertiary/aromatic N) is 2. The lowest BCUT2D eigenvalue weighted by Crippen LogP contribution is -2.38. The Morgan fingerprint density at radius 3 is 2.64 bits per heavy atom. The van der Waals surface area contributed by atoms with E-state index in [1.807, 2.05) is 30.3 Å². The van der Waals surface area contributed by atoms with E-state index in [-0.39, 0.29) is 24.0 Å². The minimum atomic E-state index is 0. The minimum Gasteiger partial charge on any atom is -0.444 e. The Hall–Kier alpha value is -1.87. The molecule has 1 aliphatic rings. The van der Waals surface area contributed by atoms with Gasteiger partial charge in [-0.25, -0.2) is 4.98 Å². The first-order chi connectivity index (χ1) is 13.2. The number of guanidine groups is 1. The van der Waals surface area contributed by atoms with E-state index in [1.165, 1.54) is 5.56 Å². The molecule has 1 saturated carbocycles. The molecule has 1 fully saturated rings. The van der Waals surface area contributed by atoms with E-state index in [0.29, 0.717) is 24.4 Å². The first-order valence-corrected chi connectivity index (χ1v) is 9.74. The third-order valence-corrected chi connectivity index (χ3v) is 5.17. The number of nitrogens with one attached hydrogen (secondary N) is 2. The molecule has 2 aromatic carbocycles. The summed E-state index contributed by atoms with van der Waals surface area (Å²) in [6, 6.07) is 18.8. The topological polar surface area (TPSA) is 62.5 Å². The number of halogens is 2. The smallest absolute Gasteiger partial charge is 0.226 e. The molecular weight excluding hydrogens is 531 g/mol. The summed E-state index contributed by atoms with van der Waals surface area (Å²) in [5.74, 6) is 1.95. The van der Waals surface area contributed by atoms with E-state index in [2.05, 4.69) is 60.8 Å². The summed E-state index contributed by atoms with van der Waals surface area (Å²) in [5, 5.41) is 6.79. The van der Waals surface area contributed by atoms with E-state index in [9.17, 15) is 0 Å². The van der Waals surface area contributed by atoms with Gasteiger partial charge in [0.25, 0.3) is 0 Å². The van der Waals surface area contributed by atoms with Crippen LogP contribution in [0.2, 0.25) is 0 Å². The van der Waals surface area contributed by atoms with Gasteiger partial charge in [0.05, 0.1) is 12.2 Å². The summed E-state index contributed by atoms with van der Waals surface area (Å²) in [4.78, 5) is 8.85. The molecule has 2 N–H and O–H groups in total. The number of benzene rings is 2. The quantitative estimate of drug-likeness (QED) is 0.267. The number of aliphatic imine (C=N–C) groups is 1. The predicted molar refractivity (Wildman–Crippen MR) is 126 cm³/mol. The van der Waals surface area contributed by atoms with Gasteiger partial charge in [-0.1, -0.05) is 46.3 Å². The molecule has 4 rings (SSSR count). The molecule has 1 aliphatic carbocycles. The molecule has 1 heterocycles. The van der Waals surface area contributed by atoms with Gasteiger partial charge in [-0.05, 0) is 36.2 Å². The lowest BCUT2D eigenvalue weighted by Gasteiger charge is -2.10. The van der Waals surface area contributed by atoms with Gasteiger partial charge in [-0.3, -0.25) is 4.99 Å². The molecule has 7 heteroatoms. The lowest BCUT2D eigenvalue weighted by molar-refractivity contribution is 0.572. The maximum absolute atomic E-state index is 5.58. The summed E-state index contributed by atoms with van der Waals surface area (Å²) >= 11 is 3.48. The van der Waals surface area contributed by atoms with Crippen LogP contribution in [0, 0.1) is 0 Å². The van der Waals surface area contributed by atoms with Gasteiger partial charge in [0.15, 0.2) is 5.96 Å². The van der Waals surface area contributed by atoms with Gasteiger partial charge in [0, 0.05) is 29.0 Å². The molecule has 5 nitrogen and oxygen atoms in total. The van der Waals surface area contributed by atoms with Crippen LogP contribution in [0.4, 0.5) is 0 Å². The molecule has 0 saturated heterocycles. The van der Waals surface area contributed by atoms with Crippen LogP contribution in [-0.4, -0.2) is 24.0 Å². The van der Waals surface area contributed by atoms with E-state index in [4.69, 9.17) is 4.42 Å². The number of hydrogen-bond donors (Lipinski definition) is 2. The standard InChI is InChI=1S/C21H21BrN4O.HI/c1-23-21(26-19-11-18(19)14-7-9-16(22)10-8-14)24-12-17-13-27-20(25-17)15-5-3-2-4-6-15;/h2-10,13,18-19H,11-12H2,1H3,(H2,23,24,26);1H. The van der Waals surface area contributed by atoms with E-state index >= 15 is 0 Å².